The van der Waals surface area contributed by atoms with E-state index in [0.29, 0.717) is 23.5 Å². The van der Waals surface area contributed by atoms with E-state index in [1.54, 1.807) is 19.1 Å². The number of nitro groups is 1. The molecule has 8 nitrogen and oxygen atoms in total. The number of nitrogens with one attached hydrogen (secondary N) is 1. The van der Waals surface area contributed by atoms with Gasteiger partial charge in [0, 0.05) is 12.1 Å². The Labute approximate surface area is 143 Å². The average molecular weight is 343 g/mol. The maximum absolute atomic E-state index is 11.8. The Kier molecular flexibility index (Phi) is 6.05. The second-order valence-electron chi connectivity index (χ2n) is 5.05. The third-order valence-electron chi connectivity index (χ3n) is 3.20. The van der Waals surface area contributed by atoms with Gasteiger partial charge in [0.15, 0.2) is 11.5 Å². The lowest BCUT2D eigenvalue weighted by atomic mass is 10.1. The molecule has 2 aromatic rings. The summed E-state index contributed by atoms with van der Waals surface area (Å²) in [7, 11) is 0. The highest BCUT2D eigenvalue weighted by molar-refractivity contribution is 5.84. The van der Waals surface area contributed by atoms with Gasteiger partial charge in [0.2, 0.25) is 5.91 Å². The van der Waals surface area contributed by atoms with Gasteiger partial charge in [0.1, 0.15) is 0 Å². The smallest absolute Gasteiger partial charge is 0.269 e. The zero-order valence-corrected chi connectivity index (χ0v) is 13.5. The number of hydrogen-bond acceptors (Lipinski definition) is 6. The van der Waals surface area contributed by atoms with Crippen LogP contribution in [0.15, 0.2) is 47.6 Å². The fourth-order valence-electron chi connectivity index (χ4n) is 2.02. The fraction of sp³-hybridized carbons (Fsp3) is 0.176. The number of phenols is 1. The largest absolute Gasteiger partial charge is 0.504 e. The third kappa shape index (κ3) is 5.31. The summed E-state index contributed by atoms with van der Waals surface area (Å²) in [5, 5.41) is 24.0. The number of hydrazone groups is 1. The van der Waals surface area contributed by atoms with Crippen LogP contribution < -0.4 is 10.2 Å². The minimum atomic E-state index is -0.498. The molecule has 0 saturated carbocycles. The van der Waals surface area contributed by atoms with E-state index in [-0.39, 0.29) is 23.8 Å². The first-order valence-corrected chi connectivity index (χ1v) is 7.50. The van der Waals surface area contributed by atoms with Crippen molar-refractivity contribution in [2.24, 2.45) is 5.10 Å². The molecule has 2 N–H and O–H groups in total. The minimum Gasteiger partial charge on any atom is -0.504 e. The topological polar surface area (TPSA) is 114 Å². The number of ether oxygens (including phenoxy) is 1. The molecule has 0 spiro atoms. The lowest BCUT2D eigenvalue weighted by Crippen LogP contribution is -2.19. The van der Waals surface area contributed by atoms with Crippen molar-refractivity contribution in [3.8, 4) is 11.5 Å². The van der Waals surface area contributed by atoms with Crippen molar-refractivity contribution in [1.82, 2.24) is 5.43 Å². The molecule has 0 aromatic heterocycles. The molecule has 0 atom stereocenters. The average Bonchev–Trinajstić information content (AvgIpc) is 2.58. The normalized spacial score (nSPS) is 10.6. The van der Waals surface area contributed by atoms with Gasteiger partial charge in [-0.25, -0.2) is 5.43 Å². The second-order valence-corrected chi connectivity index (χ2v) is 5.05. The van der Waals surface area contributed by atoms with Crippen LogP contribution >= 0.6 is 0 Å². The van der Waals surface area contributed by atoms with Gasteiger partial charge in [0.25, 0.3) is 5.69 Å². The van der Waals surface area contributed by atoms with Gasteiger partial charge in [-0.3, -0.25) is 14.9 Å². The Morgan fingerprint density at radius 1 is 1.32 bits per heavy atom. The predicted molar refractivity (Wildman–Crippen MR) is 91.8 cm³/mol. The van der Waals surface area contributed by atoms with Crippen LogP contribution in [0.1, 0.15) is 18.1 Å². The summed E-state index contributed by atoms with van der Waals surface area (Å²) in [4.78, 5) is 21.9. The van der Waals surface area contributed by atoms with Crippen LogP contribution in [0.4, 0.5) is 5.69 Å². The molecule has 0 fully saturated rings. The molecular formula is C17H17N3O5. The number of aromatic hydroxyl groups is 1. The van der Waals surface area contributed by atoms with Crippen molar-refractivity contribution in [2.45, 2.75) is 13.3 Å². The lowest BCUT2D eigenvalue weighted by molar-refractivity contribution is -0.384. The van der Waals surface area contributed by atoms with Crippen LogP contribution in [0.25, 0.3) is 0 Å². The zero-order chi connectivity index (χ0) is 18.2. The van der Waals surface area contributed by atoms with E-state index in [1.807, 2.05) is 0 Å². The highest BCUT2D eigenvalue weighted by atomic mass is 16.6. The van der Waals surface area contributed by atoms with Gasteiger partial charge in [0.05, 0.1) is 24.2 Å². The Morgan fingerprint density at radius 2 is 2.04 bits per heavy atom. The molecule has 25 heavy (non-hydrogen) atoms. The number of amides is 1. The van der Waals surface area contributed by atoms with Crippen molar-refractivity contribution >= 4 is 17.8 Å². The summed E-state index contributed by atoms with van der Waals surface area (Å²) in [5.74, 6) is 0.0128. The molecular weight excluding hydrogens is 326 g/mol. The number of hydrogen-bond donors (Lipinski definition) is 2. The zero-order valence-electron chi connectivity index (χ0n) is 13.5. The molecule has 2 aromatic carbocycles. The Balaban J connectivity index is 1.92. The van der Waals surface area contributed by atoms with E-state index in [0.717, 1.165) is 0 Å². The van der Waals surface area contributed by atoms with Crippen LogP contribution in [-0.4, -0.2) is 28.8 Å². The van der Waals surface area contributed by atoms with Gasteiger partial charge >= 0.3 is 0 Å². The summed E-state index contributed by atoms with van der Waals surface area (Å²) in [6.07, 6.45) is 1.48. The molecule has 1 amide bonds. The maximum atomic E-state index is 11.8. The van der Waals surface area contributed by atoms with E-state index < -0.39 is 4.92 Å². The molecule has 0 bridgehead atoms. The first kappa shape index (κ1) is 17.9. The number of non-ortho nitro benzene ring substituents is 1. The summed E-state index contributed by atoms with van der Waals surface area (Å²) >= 11 is 0. The van der Waals surface area contributed by atoms with Crippen molar-refractivity contribution in [3.63, 3.8) is 0 Å². The van der Waals surface area contributed by atoms with E-state index >= 15 is 0 Å². The number of carbonyl (C=O) groups is 1. The molecule has 0 saturated heterocycles. The summed E-state index contributed by atoms with van der Waals surface area (Å²) in [6.45, 7) is 2.22. The summed E-state index contributed by atoms with van der Waals surface area (Å²) in [5.41, 5.74) is 3.64. The highest BCUT2D eigenvalue weighted by Gasteiger charge is 2.07. The number of carbonyl (C=O) groups excluding carboxylic acids is 1. The molecule has 0 heterocycles. The maximum Gasteiger partial charge on any atom is 0.269 e. The van der Waals surface area contributed by atoms with Crippen molar-refractivity contribution < 1.29 is 19.6 Å². The summed E-state index contributed by atoms with van der Waals surface area (Å²) in [6, 6.07) is 10.4. The number of phenolic OH excluding ortho intramolecular Hbond substituents is 1. The monoisotopic (exact) mass is 343 g/mol. The van der Waals surface area contributed by atoms with Gasteiger partial charge in [-0.1, -0.05) is 12.1 Å². The number of nitrogens with zero attached hydrogens (tertiary/aromatic N) is 2. The van der Waals surface area contributed by atoms with E-state index in [4.69, 9.17) is 4.74 Å². The standard InChI is InChI=1S/C17H17N3O5/c1-2-25-16-9-13(5-8-15(16)21)11-18-19-17(22)10-12-3-6-14(7-4-12)20(23)24/h3-9,11,21H,2,10H2,1H3,(H,19,22). The number of benzene rings is 2. The van der Waals surface area contributed by atoms with Crippen LogP contribution in [0, 0.1) is 10.1 Å². The molecule has 0 unspecified atom stereocenters. The van der Waals surface area contributed by atoms with Crippen LogP contribution in [0.3, 0.4) is 0 Å². The van der Waals surface area contributed by atoms with Crippen molar-refractivity contribution in [3.05, 3.63) is 63.7 Å². The van der Waals surface area contributed by atoms with Gasteiger partial charge < -0.3 is 9.84 Å². The second kappa shape index (κ2) is 8.44. The first-order chi connectivity index (χ1) is 12.0. The van der Waals surface area contributed by atoms with E-state index in [1.165, 1.54) is 36.5 Å². The number of rotatable bonds is 7. The molecule has 0 aliphatic heterocycles. The Morgan fingerprint density at radius 3 is 2.68 bits per heavy atom. The van der Waals surface area contributed by atoms with Crippen LogP contribution in [0.2, 0.25) is 0 Å². The van der Waals surface area contributed by atoms with E-state index in [9.17, 15) is 20.0 Å². The van der Waals surface area contributed by atoms with Gasteiger partial charge in [-0.05, 0) is 36.2 Å². The van der Waals surface area contributed by atoms with Crippen molar-refractivity contribution in [2.75, 3.05) is 6.61 Å². The molecule has 130 valence electrons. The van der Waals surface area contributed by atoms with E-state index in [2.05, 4.69) is 10.5 Å². The first-order valence-electron chi connectivity index (χ1n) is 7.50. The fourth-order valence-corrected chi connectivity index (χ4v) is 2.02. The molecule has 0 radical (unpaired) electrons. The SMILES string of the molecule is CCOc1cc(C=NNC(=O)Cc2ccc([N+](=O)[O-])cc2)ccc1O. The van der Waals surface area contributed by atoms with Gasteiger partial charge in [-0.2, -0.15) is 5.10 Å². The number of nitro benzene ring substituents is 1. The van der Waals surface area contributed by atoms with Crippen molar-refractivity contribution in [1.29, 1.82) is 0 Å². The Bertz CT molecular complexity index is 787. The summed E-state index contributed by atoms with van der Waals surface area (Å²) < 4.78 is 5.26. The predicted octanol–water partition coefficient (Wildman–Crippen LogP) is 2.39. The highest BCUT2D eigenvalue weighted by Crippen LogP contribution is 2.26. The molecule has 2 rings (SSSR count). The lowest BCUT2D eigenvalue weighted by Gasteiger charge is -2.06. The molecule has 0 aliphatic carbocycles. The quantitative estimate of drug-likeness (QED) is 0.455. The Hall–Kier alpha value is -3.42. The third-order valence-corrected chi connectivity index (χ3v) is 3.20. The molecule has 0 aliphatic rings. The van der Waals surface area contributed by atoms with Crippen LogP contribution in [-0.2, 0) is 11.2 Å². The van der Waals surface area contributed by atoms with Crippen LogP contribution in [0.5, 0.6) is 11.5 Å². The minimum absolute atomic E-state index is 0.0281. The molecule has 8 heteroatoms. The van der Waals surface area contributed by atoms with Gasteiger partial charge in [-0.15, -0.1) is 0 Å².